The molecule has 1 amide bonds. The summed E-state index contributed by atoms with van der Waals surface area (Å²) in [4.78, 5) is 24.1. The first kappa shape index (κ1) is 17.5. The Morgan fingerprint density at radius 3 is 1.83 bits per heavy atom. The molecular weight excluding hydrogens is 308 g/mol. The molecule has 3 N–H and O–H groups in total. The minimum Gasteiger partial charge on any atom is -0.480 e. The maximum Gasteiger partial charge on any atom is 0.422 e. The first-order valence-corrected chi connectivity index (χ1v) is 9.02. The Morgan fingerprint density at radius 2 is 1.46 bits per heavy atom. The van der Waals surface area contributed by atoms with Gasteiger partial charge < -0.3 is 9.84 Å². The maximum atomic E-state index is 12.2. The lowest BCUT2D eigenvalue weighted by Gasteiger charge is -2.61. The smallest absolute Gasteiger partial charge is 0.422 e. The summed E-state index contributed by atoms with van der Waals surface area (Å²) in [6.45, 7) is 7.06. The highest BCUT2D eigenvalue weighted by atomic mass is 16.6. The summed E-state index contributed by atoms with van der Waals surface area (Å²) >= 11 is 0. The van der Waals surface area contributed by atoms with E-state index in [0.717, 1.165) is 19.3 Å². The zero-order chi connectivity index (χ0) is 17.8. The van der Waals surface area contributed by atoms with Gasteiger partial charge in [-0.15, -0.1) is 0 Å². The minimum atomic E-state index is -1.18. The van der Waals surface area contributed by atoms with Crippen molar-refractivity contribution in [2.24, 2.45) is 23.2 Å². The van der Waals surface area contributed by atoms with Crippen LogP contribution in [0.25, 0.3) is 0 Å². The molecule has 24 heavy (non-hydrogen) atoms. The van der Waals surface area contributed by atoms with Crippen LogP contribution < -0.4 is 10.9 Å². The average molecular weight is 338 g/mol. The van der Waals surface area contributed by atoms with Crippen molar-refractivity contribution in [2.45, 2.75) is 77.4 Å². The van der Waals surface area contributed by atoms with Crippen molar-refractivity contribution >= 4 is 12.1 Å². The van der Waals surface area contributed by atoms with Crippen molar-refractivity contribution < 1.29 is 19.4 Å². The third kappa shape index (κ3) is 3.01. The summed E-state index contributed by atoms with van der Waals surface area (Å²) in [6, 6.07) is 0. The number of rotatable bonds is 4. The van der Waals surface area contributed by atoms with Crippen LogP contribution in [0.5, 0.6) is 0 Å². The van der Waals surface area contributed by atoms with Gasteiger partial charge in [0.15, 0.2) is 0 Å². The van der Waals surface area contributed by atoms with Crippen LogP contribution in [0, 0.1) is 23.2 Å². The SMILES string of the molecule is CC(C)(C)OC(=O)NNC(C)(C(=O)O)C12CC3CC(CC(C3)C1)C2. The van der Waals surface area contributed by atoms with Gasteiger partial charge in [-0.1, -0.05) is 0 Å². The third-order valence-corrected chi connectivity index (χ3v) is 6.34. The van der Waals surface area contributed by atoms with Crippen LogP contribution in [-0.4, -0.2) is 28.3 Å². The summed E-state index contributed by atoms with van der Waals surface area (Å²) in [5.41, 5.74) is 3.26. The van der Waals surface area contributed by atoms with Crippen molar-refractivity contribution in [3.63, 3.8) is 0 Å². The van der Waals surface area contributed by atoms with Gasteiger partial charge in [-0.05, 0) is 84.0 Å². The molecule has 1 atom stereocenters. The number of amides is 1. The van der Waals surface area contributed by atoms with Gasteiger partial charge >= 0.3 is 12.1 Å². The predicted molar refractivity (Wildman–Crippen MR) is 89.2 cm³/mol. The van der Waals surface area contributed by atoms with Gasteiger partial charge in [-0.2, -0.15) is 0 Å². The number of carboxylic acids is 1. The number of hydrogen-bond acceptors (Lipinski definition) is 4. The second kappa shape index (κ2) is 5.61. The molecule has 0 aliphatic heterocycles. The summed E-state index contributed by atoms with van der Waals surface area (Å²) in [5.74, 6) is 1.01. The van der Waals surface area contributed by atoms with E-state index in [0.29, 0.717) is 17.8 Å². The molecule has 6 heteroatoms. The number of hydrogen-bond donors (Lipinski definition) is 3. The highest BCUT2D eigenvalue weighted by molar-refractivity contribution is 5.80. The highest BCUT2D eigenvalue weighted by Gasteiger charge is 2.62. The lowest BCUT2D eigenvalue weighted by atomic mass is 9.45. The second-order valence-electron chi connectivity index (χ2n) is 9.38. The number of ether oxygens (including phenoxy) is 1. The molecule has 4 fully saturated rings. The number of carboxylic acid groups (broad SMARTS) is 1. The van der Waals surface area contributed by atoms with Crippen LogP contribution in [0.3, 0.4) is 0 Å². The molecule has 0 heterocycles. The molecule has 0 aromatic rings. The predicted octanol–water partition coefficient (Wildman–Crippen LogP) is 3.08. The number of carbonyl (C=O) groups is 2. The average Bonchev–Trinajstić information content (AvgIpc) is 2.41. The summed E-state index contributed by atoms with van der Waals surface area (Å²) < 4.78 is 5.23. The topological polar surface area (TPSA) is 87.7 Å². The van der Waals surface area contributed by atoms with E-state index >= 15 is 0 Å². The Morgan fingerprint density at radius 1 is 1.00 bits per heavy atom. The van der Waals surface area contributed by atoms with Gasteiger partial charge in [-0.3, -0.25) is 10.2 Å². The molecule has 4 aliphatic rings. The number of nitrogens with one attached hydrogen (secondary N) is 2. The zero-order valence-electron chi connectivity index (χ0n) is 15.1. The van der Waals surface area contributed by atoms with Crippen LogP contribution in [0.15, 0.2) is 0 Å². The van der Waals surface area contributed by atoms with E-state index < -0.39 is 23.2 Å². The fraction of sp³-hybridized carbons (Fsp3) is 0.889. The van der Waals surface area contributed by atoms with Gasteiger partial charge in [0, 0.05) is 5.41 Å². The van der Waals surface area contributed by atoms with Crippen molar-refractivity contribution in [1.29, 1.82) is 0 Å². The number of hydrazine groups is 1. The van der Waals surface area contributed by atoms with E-state index in [2.05, 4.69) is 10.9 Å². The number of carbonyl (C=O) groups excluding carboxylic acids is 1. The van der Waals surface area contributed by atoms with Gasteiger partial charge in [0.1, 0.15) is 11.1 Å². The van der Waals surface area contributed by atoms with Crippen molar-refractivity contribution in [1.82, 2.24) is 10.9 Å². The number of aliphatic carboxylic acids is 1. The lowest BCUT2D eigenvalue weighted by molar-refractivity contribution is -0.165. The molecule has 4 rings (SSSR count). The van der Waals surface area contributed by atoms with E-state index in [1.807, 2.05) is 0 Å². The maximum absolute atomic E-state index is 12.2. The fourth-order valence-corrected chi connectivity index (χ4v) is 5.62. The molecule has 0 aromatic carbocycles. The largest absolute Gasteiger partial charge is 0.480 e. The lowest BCUT2D eigenvalue weighted by Crippen LogP contribution is -2.70. The van der Waals surface area contributed by atoms with Crippen LogP contribution in [0.2, 0.25) is 0 Å². The first-order valence-electron chi connectivity index (χ1n) is 9.02. The standard InChI is InChI=1S/C18H30N2O4/c1-16(2,3)24-15(23)19-20-17(4,14(21)22)18-8-11-5-12(9-18)7-13(6-11)10-18/h11-13,20H,5-10H2,1-4H3,(H,19,23)(H,21,22). The van der Waals surface area contributed by atoms with Crippen LogP contribution in [0.1, 0.15) is 66.2 Å². The molecule has 0 spiro atoms. The monoisotopic (exact) mass is 338 g/mol. The van der Waals surface area contributed by atoms with Crippen molar-refractivity contribution in [2.75, 3.05) is 0 Å². The molecule has 4 aliphatic carbocycles. The molecular formula is C18H30N2O4. The Kier molecular flexibility index (Phi) is 4.10. The van der Waals surface area contributed by atoms with E-state index in [1.54, 1.807) is 27.7 Å². The Bertz CT molecular complexity index is 504. The van der Waals surface area contributed by atoms with Gasteiger partial charge in [-0.25, -0.2) is 10.2 Å². The molecule has 4 saturated carbocycles. The summed E-state index contributed by atoms with van der Waals surface area (Å²) in [6.07, 6.45) is 5.90. The van der Waals surface area contributed by atoms with Crippen LogP contribution in [0.4, 0.5) is 4.79 Å². The molecule has 4 bridgehead atoms. The Labute approximate surface area is 143 Å². The van der Waals surface area contributed by atoms with E-state index in [9.17, 15) is 14.7 Å². The van der Waals surface area contributed by atoms with E-state index in [4.69, 9.17) is 4.74 Å². The zero-order valence-corrected chi connectivity index (χ0v) is 15.1. The van der Waals surface area contributed by atoms with Gasteiger partial charge in [0.25, 0.3) is 0 Å². The Hall–Kier alpha value is -1.30. The van der Waals surface area contributed by atoms with Crippen molar-refractivity contribution in [3.8, 4) is 0 Å². The molecule has 6 nitrogen and oxygen atoms in total. The summed E-state index contributed by atoms with van der Waals surface area (Å²) in [7, 11) is 0. The van der Waals surface area contributed by atoms with Gasteiger partial charge in [0.2, 0.25) is 0 Å². The quantitative estimate of drug-likeness (QED) is 0.686. The van der Waals surface area contributed by atoms with Crippen molar-refractivity contribution in [3.05, 3.63) is 0 Å². The molecule has 136 valence electrons. The third-order valence-electron chi connectivity index (χ3n) is 6.34. The molecule has 1 unspecified atom stereocenters. The van der Waals surface area contributed by atoms with E-state index in [-0.39, 0.29) is 5.41 Å². The normalized spacial score (nSPS) is 36.9. The van der Waals surface area contributed by atoms with E-state index in [1.165, 1.54) is 19.3 Å². The first-order chi connectivity index (χ1) is 11.0. The molecule has 0 radical (unpaired) electrons. The fourth-order valence-electron chi connectivity index (χ4n) is 5.62. The minimum absolute atomic E-state index is 0.289. The molecule has 0 aromatic heterocycles. The Balaban J connectivity index is 1.76. The summed E-state index contributed by atoms with van der Waals surface area (Å²) in [5, 5.41) is 9.98. The second-order valence-corrected chi connectivity index (χ2v) is 9.38. The van der Waals surface area contributed by atoms with Crippen LogP contribution >= 0.6 is 0 Å². The van der Waals surface area contributed by atoms with Crippen LogP contribution in [-0.2, 0) is 9.53 Å². The van der Waals surface area contributed by atoms with Gasteiger partial charge in [0.05, 0.1) is 0 Å². The molecule has 0 saturated heterocycles. The highest BCUT2D eigenvalue weighted by Crippen LogP contribution is 2.63.